The monoisotopic (exact) mass is 359 g/mol. The fourth-order valence-electron chi connectivity index (χ4n) is 1.37. The minimum Gasteiger partial charge on any atom is -0.462 e. The summed E-state index contributed by atoms with van der Waals surface area (Å²) >= 11 is 6.62. The highest BCUT2D eigenvalue weighted by atomic mass is 79.9. The summed E-state index contributed by atoms with van der Waals surface area (Å²) in [4.78, 5) is 15.7. The lowest BCUT2D eigenvalue weighted by atomic mass is 10.1. The summed E-state index contributed by atoms with van der Waals surface area (Å²) in [5, 5.41) is 0. The van der Waals surface area contributed by atoms with Gasteiger partial charge in [-0.3, -0.25) is 4.99 Å². The number of nitrogens with zero attached hydrogens (tertiary/aromatic N) is 1. The normalized spacial score (nSPS) is 9.82. The van der Waals surface area contributed by atoms with Crippen LogP contribution in [0.2, 0.25) is 0 Å². The topological polar surface area (TPSA) is 38.7 Å². The average Bonchev–Trinajstić information content (AvgIpc) is 2.28. The molecular weight excluding hydrogens is 350 g/mol. The Balaban J connectivity index is 3.45. The third-order valence-electron chi connectivity index (χ3n) is 2.05. The van der Waals surface area contributed by atoms with Crippen LogP contribution in [0.25, 0.3) is 4.48 Å². The van der Waals surface area contributed by atoms with E-state index in [2.05, 4.69) is 50.1 Å². The number of hydrogen-bond acceptors (Lipinski definition) is 3. The first-order valence-corrected chi connectivity index (χ1v) is 6.42. The Bertz CT molecular complexity index is 484. The van der Waals surface area contributed by atoms with Crippen molar-refractivity contribution < 1.29 is 9.53 Å². The number of hydrogen-bond donors (Lipinski definition) is 0. The molecule has 1 aromatic carbocycles. The van der Waals surface area contributed by atoms with E-state index in [0.717, 1.165) is 4.47 Å². The highest BCUT2D eigenvalue weighted by Crippen LogP contribution is 2.38. The van der Waals surface area contributed by atoms with E-state index in [1.165, 1.54) is 0 Å². The van der Waals surface area contributed by atoms with Crippen molar-refractivity contribution in [3.05, 3.63) is 34.3 Å². The Kier molecular flexibility index (Phi) is 5.08. The molecule has 0 unspecified atom stereocenters. The van der Waals surface area contributed by atoms with E-state index >= 15 is 0 Å². The first-order chi connectivity index (χ1) is 8.02. The molecule has 5 heteroatoms. The van der Waals surface area contributed by atoms with Crippen molar-refractivity contribution in [1.82, 2.24) is 0 Å². The molecule has 90 valence electrons. The van der Waals surface area contributed by atoms with E-state index in [1.54, 1.807) is 19.1 Å². The molecule has 1 aromatic rings. The quantitative estimate of drug-likeness (QED) is 0.592. The molecule has 0 aliphatic carbocycles. The largest absolute Gasteiger partial charge is 0.462 e. The predicted octanol–water partition coefficient (Wildman–Crippen LogP) is 4.32. The molecule has 0 aromatic heterocycles. The van der Waals surface area contributed by atoms with Gasteiger partial charge in [-0.2, -0.15) is 0 Å². The van der Waals surface area contributed by atoms with Crippen LogP contribution in [0.3, 0.4) is 0 Å². The van der Waals surface area contributed by atoms with Gasteiger partial charge in [-0.1, -0.05) is 22.5 Å². The molecule has 0 spiro atoms. The molecule has 0 atom stereocenters. The molecule has 3 nitrogen and oxygen atoms in total. The standard InChI is InChI=1S/C12H11Br2NO2/c1-4-17-12(16)8-5-6-9(14)11(15-3)10(8)7(2)13/h5-6H,2-4H2,1H3. The Morgan fingerprint density at radius 3 is 2.65 bits per heavy atom. The summed E-state index contributed by atoms with van der Waals surface area (Å²) in [6.45, 7) is 9.34. The minimum atomic E-state index is -0.402. The second-order valence-electron chi connectivity index (χ2n) is 3.10. The van der Waals surface area contributed by atoms with E-state index < -0.39 is 5.97 Å². The molecule has 17 heavy (non-hydrogen) atoms. The lowest BCUT2D eigenvalue weighted by molar-refractivity contribution is 0.0526. The highest BCUT2D eigenvalue weighted by Gasteiger charge is 2.18. The number of ether oxygens (including phenoxy) is 1. The molecule has 0 aliphatic rings. The molecule has 0 heterocycles. The average molecular weight is 361 g/mol. The zero-order valence-corrected chi connectivity index (χ0v) is 12.5. The lowest BCUT2D eigenvalue weighted by Crippen LogP contribution is -2.07. The van der Waals surface area contributed by atoms with Crippen LogP contribution in [0.1, 0.15) is 22.8 Å². The van der Waals surface area contributed by atoms with Gasteiger partial charge < -0.3 is 4.74 Å². The highest BCUT2D eigenvalue weighted by molar-refractivity contribution is 9.15. The molecule has 0 N–H and O–H groups in total. The van der Waals surface area contributed by atoms with Crippen LogP contribution >= 0.6 is 31.9 Å². The summed E-state index contributed by atoms with van der Waals surface area (Å²) in [7, 11) is 0. The van der Waals surface area contributed by atoms with Gasteiger partial charge in [0.25, 0.3) is 0 Å². The molecule has 0 fully saturated rings. The number of halogens is 2. The van der Waals surface area contributed by atoms with Crippen molar-refractivity contribution in [3.8, 4) is 0 Å². The summed E-state index contributed by atoms with van der Waals surface area (Å²) in [5.74, 6) is -0.402. The van der Waals surface area contributed by atoms with E-state index in [9.17, 15) is 4.79 Å². The van der Waals surface area contributed by atoms with E-state index in [-0.39, 0.29) is 0 Å². The maximum absolute atomic E-state index is 11.8. The van der Waals surface area contributed by atoms with Gasteiger partial charge in [-0.05, 0) is 41.7 Å². The molecule has 1 rings (SSSR count). The van der Waals surface area contributed by atoms with Gasteiger partial charge in [0.2, 0.25) is 0 Å². The Morgan fingerprint density at radius 2 is 2.18 bits per heavy atom. The Hall–Kier alpha value is -0.940. The fraction of sp³-hybridized carbons (Fsp3) is 0.167. The van der Waals surface area contributed by atoms with Crippen LogP contribution < -0.4 is 0 Å². The smallest absolute Gasteiger partial charge is 0.338 e. The number of rotatable bonds is 4. The third kappa shape index (κ3) is 3.04. The van der Waals surface area contributed by atoms with Gasteiger partial charge in [-0.25, -0.2) is 4.79 Å². The summed E-state index contributed by atoms with van der Waals surface area (Å²) in [6, 6.07) is 3.40. The number of esters is 1. The van der Waals surface area contributed by atoms with Gasteiger partial charge in [0.05, 0.1) is 17.9 Å². The first-order valence-electron chi connectivity index (χ1n) is 4.84. The van der Waals surface area contributed by atoms with E-state index in [1.807, 2.05) is 0 Å². The number of benzene rings is 1. The Morgan fingerprint density at radius 1 is 1.53 bits per heavy atom. The van der Waals surface area contributed by atoms with Crippen molar-refractivity contribution in [2.45, 2.75) is 6.92 Å². The molecular formula is C12H11Br2NO2. The van der Waals surface area contributed by atoms with Crippen molar-refractivity contribution in [1.29, 1.82) is 0 Å². The molecule has 0 amide bonds. The van der Waals surface area contributed by atoms with Gasteiger partial charge >= 0.3 is 5.97 Å². The van der Waals surface area contributed by atoms with Crippen LogP contribution in [0.15, 0.2) is 28.2 Å². The Labute approximate surface area is 117 Å². The molecule has 0 saturated carbocycles. The maximum Gasteiger partial charge on any atom is 0.338 e. The van der Waals surface area contributed by atoms with Crippen LogP contribution in [0.4, 0.5) is 5.69 Å². The van der Waals surface area contributed by atoms with E-state index in [4.69, 9.17) is 4.74 Å². The van der Waals surface area contributed by atoms with Crippen molar-refractivity contribution in [3.63, 3.8) is 0 Å². The third-order valence-corrected chi connectivity index (χ3v) is 3.09. The van der Waals surface area contributed by atoms with Crippen molar-refractivity contribution >= 4 is 54.7 Å². The molecule has 0 radical (unpaired) electrons. The number of carbonyl (C=O) groups is 1. The van der Waals surface area contributed by atoms with Crippen molar-refractivity contribution in [2.24, 2.45) is 4.99 Å². The number of aliphatic imine (C=N–C) groups is 1. The second kappa shape index (κ2) is 6.12. The predicted molar refractivity (Wildman–Crippen MR) is 77.3 cm³/mol. The zero-order valence-electron chi connectivity index (χ0n) is 9.30. The first kappa shape index (κ1) is 14.1. The fourth-order valence-corrected chi connectivity index (χ4v) is 2.23. The zero-order chi connectivity index (χ0) is 13.0. The van der Waals surface area contributed by atoms with Crippen LogP contribution in [-0.4, -0.2) is 19.3 Å². The van der Waals surface area contributed by atoms with Crippen molar-refractivity contribution in [2.75, 3.05) is 6.61 Å². The summed E-state index contributed by atoms with van der Waals surface area (Å²) in [5.41, 5.74) is 1.57. The van der Waals surface area contributed by atoms with Gasteiger partial charge in [-0.15, -0.1) is 0 Å². The maximum atomic E-state index is 11.8. The summed E-state index contributed by atoms with van der Waals surface area (Å²) in [6.07, 6.45) is 0. The van der Waals surface area contributed by atoms with Gasteiger partial charge in [0, 0.05) is 14.5 Å². The minimum absolute atomic E-state index is 0.319. The lowest BCUT2D eigenvalue weighted by Gasteiger charge is -2.11. The molecule has 0 aliphatic heterocycles. The van der Waals surface area contributed by atoms with Crippen LogP contribution in [0.5, 0.6) is 0 Å². The van der Waals surface area contributed by atoms with Crippen LogP contribution in [-0.2, 0) is 4.74 Å². The summed E-state index contributed by atoms with van der Waals surface area (Å²) < 4.78 is 6.29. The van der Waals surface area contributed by atoms with Crippen LogP contribution in [0, 0.1) is 0 Å². The molecule has 0 saturated heterocycles. The van der Waals surface area contributed by atoms with Gasteiger partial charge in [0.15, 0.2) is 0 Å². The second-order valence-corrected chi connectivity index (χ2v) is 4.91. The number of carbonyl (C=O) groups excluding carboxylic acids is 1. The SMILES string of the molecule is C=Nc1c(Br)ccc(C(=O)OCC)c1C(=C)Br. The van der Waals surface area contributed by atoms with E-state index in [0.29, 0.717) is 27.9 Å². The van der Waals surface area contributed by atoms with Gasteiger partial charge in [0.1, 0.15) is 0 Å². The molecule has 0 bridgehead atoms.